The van der Waals surface area contributed by atoms with Crippen LogP contribution in [0.15, 0.2) is 4.79 Å². The number of aromatic amines is 1. The molecule has 0 aromatic carbocycles. The van der Waals surface area contributed by atoms with Crippen LogP contribution >= 0.6 is 0 Å². The second kappa shape index (κ2) is 15.4. The average Bonchev–Trinajstić information content (AvgIpc) is 3.31. The molecule has 0 spiro atoms. The third-order valence-electron chi connectivity index (χ3n) is 10.7. The SMILES string of the molecule is O=c1c(C2CCCCCCCC2)c(O)[nH]c2c(CC3CCCCCCC3)c(C3CCCCCCCCCC3)nn12. The predicted molar refractivity (Wildman–Crippen MR) is 166 cm³/mol. The van der Waals surface area contributed by atoms with Gasteiger partial charge in [0, 0.05) is 11.5 Å². The Hall–Kier alpha value is -1.78. The highest BCUT2D eigenvalue weighted by Crippen LogP contribution is 2.37. The molecule has 0 amide bonds. The van der Waals surface area contributed by atoms with Gasteiger partial charge in [-0.25, -0.2) is 0 Å². The molecule has 0 atom stereocenters. The Labute approximate surface area is 242 Å². The average molecular weight is 552 g/mol. The molecule has 0 saturated heterocycles. The first kappa shape index (κ1) is 29.7. The second-order valence-electron chi connectivity index (χ2n) is 13.7. The van der Waals surface area contributed by atoms with Gasteiger partial charge in [0.1, 0.15) is 5.65 Å². The third-order valence-corrected chi connectivity index (χ3v) is 10.7. The number of aromatic nitrogens is 3. The number of nitrogens with zero attached hydrogens (tertiary/aromatic N) is 2. The molecule has 3 saturated carbocycles. The van der Waals surface area contributed by atoms with Gasteiger partial charge >= 0.3 is 0 Å². The second-order valence-corrected chi connectivity index (χ2v) is 13.7. The van der Waals surface area contributed by atoms with Crippen molar-refractivity contribution in [1.82, 2.24) is 14.6 Å². The van der Waals surface area contributed by atoms with Gasteiger partial charge in [0.15, 0.2) is 5.88 Å². The molecule has 0 unspecified atom stereocenters. The van der Waals surface area contributed by atoms with Crippen LogP contribution in [0.5, 0.6) is 5.88 Å². The standard InChI is InChI=1S/C35H57N3O2/c39-34-31(28-22-16-10-5-6-11-17-23-28)35(40)38-33(36-34)30(26-27-20-14-8-7-9-15-21-27)32(37-38)29-24-18-12-3-1-2-4-13-19-25-29/h27-29,36,39H,1-26H2. The van der Waals surface area contributed by atoms with Crippen LogP contribution in [0, 0.1) is 5.92 Å². The summed E-state index contributed by atoms with van der Waals surface area (Å²) in [6.45, 7) is 0. The van der Waals surface area contributed by atoms with Gasteiger partial charge < -0.3 is 10.1 Å². The molecular weight excluding hydrogens is 494 g/mol. The van der Waals surface area contributed by atoms with E-state index in [1.54, 1.807) is 4.52 Å². The molecule has 3 fully saturated rings. The molecule has 40 heavy (non-hydrogen) atoms. The summed E-state index contributed by atoms with van der Waals surface area (Å²) in [5.74, 6) is 1.32. The molecule has 2 heterocycles. The highest BCUT2D eigenvalue weighted by atomic mass is 16.3. The summed E-state index contributed by atoms with van der Waals surface area (Å²) in [6.07, 6.45) is 32.5. The Kier molecular flexibility index (Phi) is 11.5. The normalized spacial score (nSPS) is 23.0. The molecule has 5 nitrogen and oxygen atoms in total. The fraction of sp³-hybridized carbons (Fsp3) is 0.829. The molecule has 0 radical (unpaired) electrons. The number of H-pyrrole nitrogens is 1. The van der Waals surface area contributed by atoms with Gasteiger partial charge in [-0.1, -0.05) is 135 Å². The molecule has 3 aliphatic rings. The van der Waals surface area contributed by atoms with E-state index in [2.05, 4.69) is 4.98 Å². The molecule has 224 valence electrons. The minimum atomic E-state index is -0.0580. The lowest BCUT2D eigenvalue weighted by molar-refractivity contribution is 0.375. The van der Waals surface area contributed by atoms with Crippen molar-refractivity contribution in [2.24, 2.45) is 5.92 Å². The van der Waals surface area contributed by atoms with E-state index in [9.17, 15) is 9.90 Å². The summed E-state index contributed by atoms with van der Waals surface area (Å²) < 4.78 is 1.71. The van der Waals surface area contributed by atoms with Gasteiger partial charge in [-0.15, -0.1) is 0 Å². The van der Waals surface area contributed by atoms with Crippen LogP contribution in [-0.4, -0.2) is 19.7 Å². The molecule has 2 aromatic heterocycles. The first-order valence-electron chi connectivity index (χ1n) is 17.6. The van der Waals surface area contributed by atoms with E-state index in [1.807, 2.05) is 0 Å². The van der Waals surface area contributed by atoms with Gasteiger partial charge in [-0.2, -0.15) is 9.61 Å². The Morgan fingerprint density at radius 3 is 1.55 bits per heavy atom. The molecule has 5 rings (SSSR count). The van der Waals surface area contributed by atoms with E-state index in [0.717, 1.165) is 37.8 Å². The highest BCUT2D eigenvalue weighted by Gasteiger charge is 2.29. The third kappa shape index (κ3) is 7.73. The van der Waals surface area contributed by atoms with Crippen LogP contribution in [0.25, 0.3) is 5.65 Å². The summed E-state index contributed by atoms with van der Waals surface area (Å²) in [7, 11) is 0. The Balaban J connectivity index is 1.53. The maximum absolute atomic E-state index is 14.2. The first-order chi connectivity index (χ1) is 19.7. The predicted octanol–water partition coefficient (Wildman–Crippen LogP) is 9.85. The largest absolute Gasteiger partial charge is 0.494 e. The molecule has 2 aromatic rings. The summed E-state index contributed by atoms with van der Waals surface area (Å²) in [5, 5.41) is 16.6. The summed E-state index contributed by atoms with van der Waals surface area (Å²) in [5.41, 5.74) is 3.76. The lowest BCUT2D eigenvalue weighted by Crippen LogP contribution is -2.23. The van der Waals surface area contributed by atoms with E-state index in [1.165, 1.54) is 146 Å². The minimum Gasteiger partial charge on any atom is -0.494 e. The van der Waals surface area contributed by atoms with Crippen LogP contribution in [0.3, 0.4) is 0 Å². The lowest BCUT2D eigenvalue weighted by Gasteiger charge is -2.22. The number of aromatic hydroxyl groups is 1. The quantitative estimate of drug-likeness (QED) is 0.397. The van der Waals surface area contributed by atoms with E-state index in [0.29, 0.717) is 17.4 Å². The number of hydrogen-bond acceptors (Lipinski definition) is 3. The number of nitrogens with one attached hydrogen (secondary N) is 1. The van der Waals surface area contributed by atoms with Gasteiger partial charge in [0.25, 0.3) is 5.56 Å². The maximum atomic E-state index is 14.2. The van der Waals surface area contributed by atoms with Gasteiger partial charge in [-0.3, -0.25) is 4.79 Å². The highest BCUT2D eigenvalue weighted by molar-refractivity contribution is 5.54. The van der Waals surface area contributed by atoms with Crippen molar-refractivity contribution in [1.29, 1.82) is 0 Å². The summed E-state index contributed by atoms with van der Waals surface area (Å²) in [4.78, 5) is 17.6. The van der Waals surface area contributed by atoms with E-state index >= 15 is 0 Å². The van der Waals surface area contributed by atoms with Crippen molar-refractivity contribution in [3.63, 3.8) is 0 Å². The topological polar surface area (TPSA) is 70.4 Å². The van der Waals surface area contributed by atoms with Crippen LogP contribution in [-0.2, 0) is 6.42 Å². The number of hydrogen-bond donors (Lipinski definition) is 2. The fourth-order valence-electron chi connectivity index (χ4n) is 8.25. The van der Waals surface area contributed by atoms with E-state index in [4.69, 9.17) is 5.10 Å². The Morgan fingerprint density at radius 2 is 1.05 bits per heavy atom. The lowest BCUT2D eigenvalue weighted by atomic mass is 9.83. The molecule has 0 bridgehead atoms. The smallest absolute Gasteiger partial charge is 0.281 e. The van der Waals surface area contributed by atoms with Crippen LogP contribution in [0.1, 0.15) is 189 Å². The number of fused-ring (bicyclic) bond motifs is 1. The molecule has 5 heteroatoms. The van der Waals surface area contributed by atoms with Crippen molar-refractivity contribution in [2.45, 2.75) is 179 Å². The van der Waals surface area contributed by atoms with E-state index in [-0.39, 0.29) is 17.4 Å². The van der Waals surface area contributed by atoms with Gasteiger partial charge in [0.05, 0.1) is 11.3 Å². The summed E-state index contributed by atoms with van der Waals surface area (Å²) in [6, 6.07) is 0. The van der Waals surface area contributed by atoms with Crippen molar-refractivity contribution >= 4 is 5.65 Å². The fourth-order valence-corrected chi connectivity index (χ4v) is 8.25. The minimum absolute atomic E-state index is 0.0580. The number of rotatable bonds is 4. The Morgan fingerprint density at radius 1 is 0.625 bits per heavy atom. The van der Waals surface area contributed by atoms with Crippen molar-refractivity contribution in [3.8, 4) is 5.88 Å². The zero-order valence-corrected chi connectivity index (χ0v) is 25.4. The maximum Gasteiger partial charge on any atom is 0.281 e. The Bertz CT molecular complexity index is 1070. The van der Waals surface area contributed by atoms with Crippen molar-refractivity contribution in [2.75, 3.05) is 0 Å². The van der Waals surface area contributed by atoms with Gasteiger partial charge in [0.2, 0.25) is 0 Å². The molecule has 0 aliphatic heterocycles. The van der Waals surface area contributed by atoms with Crippen molar-refractivity contribution < 1.29 is 5.11 Å². The molecular formula is C35H57N3O2. The summed E-state index contributed by atoms with van der Waals surface area (Å²) >= 11 is 0. The van der Waals surface area contributed by atoms with Crippen LogP contribution < -0.4 is 5.56 Å². The monoisotopic (exact) mass is 551 g/mol. The van der Waals surface area contributed by atoms with Gasteiger partial charge in [-0.05, 0) is 43.9 Å². The molecule has 3 aliphatic carbocycles. The van der Waals surface area contributed by atoms with E-state index < -0.39 is 0 Å². The zero-order valence-electron chi connectivity index (χ0n) is 25.4. The zero-order chi connectivity index (χ0) is 27.6. The van der Waals surface area contributed by atoms with Crippen LogP contribution in [0.4, 0.5) is 0 Å². The van der Waals surface area contributed by atoms with Crippen molar-refractivity contribution in [3.05, 3.63) is 27.2 Å². The first-order valence-corrected chi connectivity index (χ1v) is 17.6. The van der Waals surface area contributed by atoms with Crippen LogP contribution in [0.2, 0.25) is 0 Å². The molecule has 2 N–H and O–H groups in total.